The zero-order chi connectivity index (χ0) is 17.4. The number of hydrogen-bond acceptors (Lipinski definition) is 3. The molecular weight excluding hydrogens is 316 g/mol. The van der Waals surface area contributed by atoms with Crippen LogP contribution in [0, 0.1) is 17.2 Å². The highest BCUT2D eigenvalue weighted by Gasteiger charge is 2.18. The fourth-order valence-electron chi connectivity index (χ4n) is 2.63. The summed E-state index contributed by atoms with van der Waals surface area (Å²) in [4.78, 5) is 13.4. The number of carbonyl (C=O) groups excluding carboxylic acids is 1. The highest BCUT2D eigenvalue weighted by Crippen LogP contribution is 2.25. The smallest absolute Gasteiger partial charge is 0.252 e. The van der Waals surface area contributed by atoms with Crippen LogP contribution < -0.4 is 5.32 Å². The van der Waals surface area contributed by atoms with E-state index in [1.165, 1.54) is 17.3 Å². The van der Waals surface area contributed by atoms with Crippen molar-refractivity contribution in [1.82, 2.24) is 5.32 Å². The Morgan fingerprint density at radius 1 is 1.12 bits per heavy atom. The maximum Gasteiger partial charge on any atom is 0.252 e. The van der Waals surface area contributed by atoms with Gasteiger partial charge in [-0.05, 0) is 23.6 Å². The number of benzene rings is 2. The largest absolute Gasteiger partial charge is 0.351 e. The molecule has 0 radical (unpaired) electrons. The lowest BCUT2D eigenvalue weighted by Gasteiger charge is -2.22. The maximum atomic E-state index is 12.6. The van der Waals surface area contributed by atoms with Gasteiger partial charge < -0.3 is 5.32 Å². The summed E-state index contributed by atoms with van der Waals surface area (Å²) in [5.74, 6) is 0.950. The molecule has 1 unspecified atom stereocenters. The second kappa shape index (κ2) is 9.14. The van der Waals surface area contributed by atoms with Crippen LogP contribution in [0.25, 0.3) is 0 Å². The van der Waals surface area contributed by atoms with Gasteiger partial charge in [0.15, 0.2) is 0 Å². The zero-order valence-corrected chi connectivity index (χ0v) is 14.8. The van der Waals surface area contributed by atoms with Crippen LogP contribution in [0.15, 0.2) is 59.5 Å². The van der Waals surface area contributed by atoms with Crippen molar-refractivity contribution in [2.24, 2.45) is 5.92 Å². The lowest BCUT2D eigenvalue weighted by molar-refractivity contribution is 0.0946. The van der Waals surface area contributed by atoms with Crippen molar-refractivity contribution in [2.75, 3.05) is 12.3 Å². The van der Waals surface area contributed by atoms with E-state index in [9.17, 15) is 4.79 Å². The van der Waals surface area contributed by atoms with Gasteiger partial charge in [-0.2, -0.15) is 5.26 Å². The molecule has 1 atom stereocenters. The Bertz CT molecular complexity index is 707. The van der Waals surface area contributed by atoms with Crippen LogP contribution in [0.1, 0.15) is 35.7 Å². The fraction of sp³-hybridized carbons (Fsp3) is 0.300. The van der Waals surface area contributed by atoms with Crippen molar-refractivity contribution in [3.63, 3.8) is 0 Å². The van der Waals surface area contributed by atoms with Gasteiger partial charge in [0.2, 0.25) is 0 Å². The first-order chi connectivity index (χ1) is 11.6. The molecule has 2 rings (SSSR count). The topological polar surface area (TPSA) is 52.9 Å². The van der Waals surface area contributed by atoms with Crippen LogP contribution in [0.4, 0.5) is 0 Å². The third-order valence-corrected chi connectivity index (χ3v) is 4.88. The SMILES string of the molecule is CC(C)C(CNC(=O)c1ccccc1SCC#N)c1ccccc1. The fourth-order valence-corrected chi connectivity index (χ4v) is 3.34. The van der Waals surface area contributed by atoms with E-state index in [0.717, 1.165) is 4.90 Å². The molecule has 0 aliphatic heterocycles. The summed E-state index contributed by atoms with van der Waals surface area (Å²) in [5, 5.41) is 11.8. The molecule has 0 bridgehead atoms. The number of rotatable bonds is 7. The van der Waals surface area contributed by atoms with E-state index >= 15 is 0 Å². The van der Waals surface area contributed by atoms with E-state index < -0.39 is 0 Å². The Kier molecular flexibility index (Phi) is 6.89. The van der Waals surface area contributed by atoms with Crippen LogP contribution in [-0.4, -0.2) is 18.2 Å². The number of carbonyl (C=O) groups is 1. The summed E-state index contributed by atoms with van der Waals surface area (Å²) in [6.45, 7) is 4.93. The summed E-state index contributed by atoms with van der Waals surface area (Å²) in [7, 11) is 0. The van der Waals surface area contributed by atoms with E-state index in [0.29, 0.717) is 23.8 Å². The van der Waals surface area contributed by atoms with Gasteiger partial charge in [0, 0.05) is 17.4 Å². The van der Waals surface area contributed by atoms with Gasteiger partial charge in [-0.1, -0.05) is 56.3 Å². The molecule has 0 heterocycles. The minimum absolute atomic E-state index is 0.0855. The first kappa shape index (κ1) is 18.1. The van der Waals surface area contributed by atoms with Gasteiger partial charge >= 0.3 is 0 Å². The first-order valence-corrected chi connectivity index (χ1v) is 9.04. The highest BCUT2D eigenvalue weighted by molar-refractivity contribution is 7.99. The molecule has 0 aromatic heterocycles. The van der Waals surface area contributed by atoms with Crippen LogP contribution in [0.2, 0.25) is 0 Å². The number of nitrogens with zero attached hydrogens (tertiary/aromatic N) is 1. The van der Waals surface area contributed by atoms with Crippen LogP contribution in [-0.2, 0) is 0 Å². The summed E-state index contributed by atoms with van der Waals surface area (Å²) < 4.78 is 0. The maximum absolute atomic E-state index is 12.6. The molecule has 0 spiro atoms. The van der Waals surface area contributed by atoms with Crippen LogP contribution in [0.5, 0.6) is 0 Å². The average Bonchev–Trinajstić information content (AvgIpc) is 2.61. The van der Waals surface area contributed by atoms with Gasteiger partial charge in [0.05, 0.1) is 17.4 Å². The van der Waals surface area contributed by atoms with Crippen molar-refractivity contribution in [2.45, 2.75) is 24.7 Å². The van der Waals surface area contributed by atoms with Gasteiger partial charge in [-0.25, -0.2) is 0 Å². The molecule has 0 aliphatic rings. The van der Waals surface area contributed by atoms with Crippen LogP contribution in [0.3, 0.4) is 0 Å². The predicted molar refractivity (Wildman–Crippen MR) is 99.1 cm³/mol. The van der Waals surface area contributed by atoms with E-state index in [1.807, 2.05) is 42.5 Å². The van der Waals surface area contributed by atoms with Gasteiger partial charge in [-0.15, -0.1) is 11.8 Å². The quantitative estimate of drug-likeness (QED) is 0.758. The highest BCUT2D eigenvalue weighted by atomic mass is 32.2. The Morgan fingerprint density at radius 2 is 1.79 bits per heavy atom. The van der Waals surface area contributed by atoms with E-state index in [2.05, 4.69) is 37.4 Å². The number of nitriles is 1. The molecule has 3 nitrogen and oxygen atoms in total. The molecule has 1 amide bonds. The third kappa shape index (κ3) is 4.87. The summed E-state index contributed by atoms with van der Waals surface area (Å²) in [6, 6.07) is 19.8. The second-order valence-electron chi connectivity index (χ2n) is 5.91. The van der Waals surface area contributed by atoms with Crippen LogP contribution >= 0.6 is 11.8 Å². The average molecular weight is 338 g/mol. The Morgan fingerprint density at radius 3 is 2.46 bits per heavy atom. The molecule has 24 heavy (non-hydrogen) atoms. The number of hydrogen-bond donors (Lipinski definition) is 1. The molecule has 1 N–H and O–H groups in total. The molecule has 0 aliphatic carbocycles. The molecule has 0 saturated carbocycles. The van der Waals surface area contributed by atoms with Crippen molar-refractivity contribution in [3.8, 4) is 6.07 Å². The van der Waals surface area contributed by atoms with Crippen molar-refractivity contribution in [3.05, 3.63) is 65.7 Å². The van der Waals surface area contributed by atoms with Crippen molar-refractivity contribution < 1.29 is 4.79 Å². The number of nitrogens with one attached hydrogen (secondary N) is 1. The minimum Gasteiger partial charge on any atom is -0.351 e. The second-order valence-corrected chi connectivity index (χ2v) is 6.93. The third-order valence-electron chi connectivity index (χ3n) is 3.94. The van der Waals surface area contributed by atoms with Gasteiger partial charge in [0.1, 0.15) is 0 Å². The lowest BCUT2D eigenvalue weighted by Crippen LogP contribution is -2.30. The lowest BCUT2D eigenvalue weighted by atomic mass is 9.88. The van der Waals surface area contributed by atoms with E-state index in [-0.39, 0.29) is 11.8 Å². The summed E-state index contributed by atoms with van der Waals surface area (Å²) in [5.41, 5.74) is 1.87. The van der Waals surface area contributed by atoms with Gasteiger partial charge in [-0.3, -0.25) is 4.79 Å². The monoisotopic (exact) mass is 338 g/mol. The molecule has 2 aromatic rings. The molecule has 0 fully saturated rings. The number of thioether (sulfide) groups is 1. The molecular formula is C20H22N2OS. The minimum atomic E-state index is -0.0855. The Balaban J connectivity index is 2.08. The van der Waals surface area contributed by atoms with Gasteiger partial charge in [0.25, 0.3) is 5.91 Å². The Hall–Kier alpha value is -2.25. The molecule has 2 aromatic carbocycles. The summed E-state index contributed by atoms with van der Waals surface area (Å²) >= 11 is 1.39. The standard InChI is InChI=1S/C20H22N2OS/c1-15(2)18(16-8-4-3-5-9-16)14-22-20(23)17-10-6-7-11-19(17)24-13-12-21/h3-11,15,18H,13-14H2,1-2H3,(H,22,23). The Labute approximate surface area is 148 Å². The van der Waals surface area contributed by atoms with E-state index in [1.54, 1.807) is 0 Å². The summed E-state index contributed by atoms with van der Waals surface area (Å²) in [6.07, 6.45) is 0. The zero-order valence-electron chi connectivity index (χ0n) is 14.0. The molecule has 124 valence electrons. The first-order valence-electron chi connectivity index (χ1n) is 8.05. The van der Waals surface area contributed by atoms with Crippen molar-refractivity contribution >= 4 is 17.7 Å². The normalized spacial score (nSPS) is 11.8. The molecule has 4 heteroatoms. The predicted octanol–water partition coefficient (Wildman–Crippen LogP) is 4.47. The molecule has 0 saturated heterocycles. The number of amides is 1. The van der Waals surface area contributed by atoms with E-state index in [4.69, 9.17) is 5.26 Å². The van der Waals surface area contributed by atoms with Crippen molar-refractivity contribution in [1.29, 1.82) is 5.26 Å².